The normalized spacial score (nSPS) is 34.7. The molecular formula is C35H56N6O7S. The third kappa shape index (κ3) is 7.36. The standard InChI is InChI=1S/C35H56N6O7S/c1-34(2)23-21-41-28(27(23)34)30(43)37-24(29(42)31(44)36-22-15-16-22)13-9-6-4-5-7-10-14-25(32(41)45)38-33(46)39-35(18-11-8-12-19-35)26-17-20-40(3)49(26,47)48/h22-28H,4-21H2,1-3H3,(H,36,44)(H,37,43)(H2,38,39,46)/t23-,24+,25+,26-,27-,28-/m0/s1. The van der Waals surface area contributed by atoms with Crippen LogP contribution in [0.15, 0.2) is 0 Å². The van der Waals surface area contributed by atoms with Crippen molar-refractivity contribution in [2.45, 2.75) is 152 Å². The molecule has 0 bridgehead atoms. The Morgan fingerprint density at radius 3 is 2.10 bits per heavy atom. The zero-order valence-electron chi connectivity index (χ0n) is 29.4. The molecule has 3 aliphatic heterocycles. The molecule has 49 heavy (non-hydrogen) atoms. The fourth-order valence-electron chi connectivity index (χ4n) is 9.33. The molecule has 14 heteroatoms. The van der Waals surface area contributed by atoms with Crippen molar-refractivity contribution in [1.29, 1.82) is 0 Å². The van der Waals surface area contributed by atoms with Crippen LogP contribution in [0.4, 0.5) is 4.79 Å². The third-order valence-electron chi connectivity index (χ3n) is 12.6. The summed E-state index contributed by atoms with van der Waals surface area (Å²) in [6.45, 7) is 4.94. The van der Waals surface area contributed by atoms with Crippen LogP contribution < -0.4 is 21.3 Å². The summed E-state index contributed by atoms with van der Waals surface area (Å²) in [7, 11) is -2.00. The Balaban J connectivity index is 1.22. The molecule has 6 aliphatic rings. The lowest BCUT2D eigenvalue weighted by Gasteiger charge is -2.42. The van der Waals surface area contributed by atoms with Crippen molar-refractivity contribution in [3.63, 3.8) is 0 Å². The van der Waals surface area contributed by atoms with Crippen LogP contribution in [0.3, 0.4) is 0 Å². The van der Waals surface area contributed by atoms with E-state index in [0.717, 1.165) is 57.8 Å². The highest BCUT2D eigenvalue weighted by atomic mass is 32.2. The van der Waals surface area contributed by atoms with Gasteiger partial charge in [0.15, 0.2) is 0 Å². The minimum atomic E-state index is -3.58. The predicted molar refractivity (Wildman–Crippen MR) is 183 cm³/mol. The number of sulfonamides is 1. The number of amides is 5. The van der Waals surface area contributed by atoms with Gasteiger partial charge in [-0.2, -0.15) is 0 Å². The van der Waals surface area contributed by atoms with Gasteiger partial charge in [0.05, 0.1) is 16.8 Å². The van der Waals surface area contributed by atoms with Gasteiger partial charge >= 0.3 is 6.03 Å². The average molecular weight is 705 g/mol. The molecular weight excluding hydrogens is 648 g/mol. The quantitative estimate of drug-likeness (QED) is 0.307. The summed E-state index contributed by atoms with van der Waals surface area (Å²) in [5.74, 6) is -2.09. The molecule has 0 aromatic carbocycles. The summed E-state index contributed by atoms with van der Waals surface area (Å²) in [5, 5.41) is 11.0. The molecule has 6 atom stereocenters. The van der Waals surface area contributed by atoms with E-state index >= 15 is 0 Å². The summed E-state index contributed by atoms with van der Waals surface area (Å²) >= 11 is 0. The van der Waals surface area contributed by atoms with Crippen LogP contribution in [-0.4, -0.2) is 102 Å². The number of Topliss-reactive ketones (excluding diaryl/α,β-unsaturated/α-hetero) is 1. The molecule has 3 saturated heterocycles. The van der Waals surface area contributed by atoms with Gasteiger partial charge in [-0.15, -0.1) is 0 Å². The number of carbonyl (C=O) groups excluding carboxylic acids is 5. The predicted octanol–water partition coefficient (Wildman–Crippen LogP) is 2.34. The van der Waals surface area contributed by atoms with Crippen molar-refractivity contribution in [2.75, 3.05) is 20.1 Å². The molecule has 6 fully saturated rings. The molecule has 0 radical (unpaired) electrons. The number of piperidine rings is 1. The number of urea groups is 1. The molecule has 6 rings (SSSR count). The Morgan fingerprint density at radius 1 is 0.837 bits per heavy atom. The zero-order chi connectivity index (χ0) is 35.1. The molecule has 0 aromatic heterocycles. The number of nitrogens with zero attached hydrogens (tertiary/aromatic N) is 2. The summed E-state index contributed by atoms with van der Waals surface area (Å²) in [6, 6.07) is -3.22. The molecule has 0 aromatic rings. The molecule has 5 amide bonds. The van der Waals surface area contributed by atoms with Gasteiger partial charge in [0.2, 0.25) is 27.6 Å². The van der Waals surface area contributed by atoms with Gasteiger partial charge in [-0.3, -0.25) is 19.2 Å². The first-order valence-electron chi connectivity index (χ1n) is 18.8. The van der Waals surface area contributed by atoms with E-state index in [-0.39, 0.29) is 29.2 Å². The highest BCUT2D eigenvalue weighted by Crippen LogP contribution is 2.65. The molecule has 274 valence electrons. The minimum Gasteiger partial charge on any atom is -0.347 e. The van der Waals surface area contributed by atoms with Gasteiger partial charge in [-0.1, -0.05) is 71.6 Å². The molecule has 0 unspecified atom stereocenters. The van der Waals surface area contributed by atoms with E-state index < -0.39 is 62.6 Å². The van der Waals surface area contributed by atoms with Crippen LogP contribution in [0.2, 0.25) is 0 Å². The van der Waals surface area contributed by atoms with E-state index in [2.05, 4.69) is 35.1 Å². The van der Waals surface area contributed by atoms with Crippen LogP contribution in [-0.2, 0) is 29.2 Å². The van der Waals surface area contributed by atoms with Crippen molar-refractivity contribution < 1.29 is 32.4 Å². The SMILES string of the molecule is CN1CC[C@@H](C2(NC(=O)N[C@@H]3CCCCCCCC[C@H](C(=O)C(=O)NC4CC4)NC(=O)[C@@H]4[C@@H]5[C@H](CN4C3=O)C5(C)C)CCCCC2)S1(=O)=O. The molecule has 13 nitrogen and oxygen atoms in total. The Bertz CT molecular complexity index is 1420. The summed E-state index contributed by atoms with van der Waals surface area (Å²) in [6.07, 6.45) is 11.5. The summed E-state index contributed by atoms with van der Waals surface area (Å²) in [4.78, 5) is 70.0. The Labute approximate surface area is 290 Å². The molecule has 0 spiro atoms. The van der Waals surface area contributed by atoms with Crippen LogP contribution in [0, 0.1) is 17.3 Å². The first kappa shape index (κ1) is 36.1. The van der Waals surface area contributed by atoms with Gasteiger partial charge in [0.25, 0.3) is 5.91 Å². The number of ketones is 1. The van der Waals surface area contributed by atoms with Crippen molar-refractivity contribution >= 4 is 39.6 Å². The van der Waals surface area contributed by atoms with E-state index in [1.807, 2.05) is 0 Å². The highest BCUT2D eigenvalue weighted by Gasteiger charge is 2.69. The number of carbonyl (C=O) groups is 5. The van der Waals surface area contributed by atoms with Gasteiger partial charge in [-0.05, 0) is 62.2 Å². The van der Waals surface area contributed by atoms with E-state index in [1.54, 1.807) is 11.9 Å². The van der Waals surface area contributed by atoms with Crippen molar-refractivity contribution in [2.24, 2.45) is 17.3 Å². The van der Waals surface area contributed by atoms with E-state index in [9.17, 15) is 32.4 Å². The molecule has 3 heterocycles. The number of hydrogen-bond acceptors (Lipinski definition) is 7. The highest BCUT2D eigenvalue weighted by molar-refractivity contribution is 7.90. The van der Waals surface area contributed by atoms with Crippen LogP contribution >= 0.6 is 0 Å². The van der Waals surface area contributed by atoms with Crippen LogP contribution in [0.5, 0.6) is 0 Å². The first-order chi connectivity index (χ1) is 23.3. The maximum atomic E-state index is 14.4. The van der Waals surface area contributed by atoms with Crippen LogP contribution in [0.25, 0.3) is 0 Å². The fraction of sp³-hybridized carbons (Fsp3) is 0.857. The van der Waals surface area contributed by atoms with Gasteiger partial charge in [0.1, 0.15) is 12.1 Å². The third-order valence-corrected chi connectivity index (χ3v) is 15.1. The van der Waals surface area contributed by atoms with Crippen LogP contribution in [0.1, 0.15) is 117 Å². The number of rotatable bonds is 6. The largest absolute Gasteiger partial charge is 0.347 e. The van der Waals surface area contributed by atoms with Gasteiger partial charge in [0, 0.05) is 26.2 Å². The topological polar surface area (TPSA) is 174 Å². The first-order valence-corrected chi connectivity index (χ1v) is 20.3. The second-order valence-corrected chi connectivity index (χ2v) is 18.5. The number of nitrogens with one attached hydrogen (secondary N) is 4. The lowest BCUT2D eigenvalue weighted by Crippen LogP contribution is -2.63. The second kappa shape index (κ2) is 14.1. The minimum absolute atomic E-state index is 0.0175. The van der Waals surface area contributed by atoms with Crippen molar-refractivity contribution in [3.8, 4) is 0 Å². The maximum absolute atomic E-state index is 14.4. The molecule has 3 aliphatic carbocycles. The fourth-order valence-corrected chi connectivity index (χ4v) is 11.4. The summed E-state index contributed by atoms with van der Waals surface area (Å²) in [5.41, 5.74) is -1.08. The van der Waals surface area contributed by atoms with Crippen molar-refractivity contribution in [3.05, 3.63) is 0 Å². The van der Waals surface area contributed by atoms with E-state index in [1.165, 1.54) is 4.31 Å². The van der Waals surface area contributed by atoms with Gasteiger partial charge in [-0.25, -0.2) is 17.5 Å². The molecule has 4 N–H and O–H groups in total. The average Bonchev–Trinajstić information content (AvgIpc) is 3.86. The zero-order valence-corrected chi connectivity index (χ0v) is 30.2. The maximum Gasteiger partial charge on any atom is 0.315 e. The Morgan fingerprint density at radius 2 is 1.47 bits per heavy atom. The summed E-state index contributed by atoms with van der Waals surface area (Å²) < 4.78 is 28.0. The number of fused-ring (bicyclic) bond motifs is 3. The second-order valence-electron chi connectivity index (χ2n) is 16.3. The Kier molecular flexibility index (Phi) is 10.4. The number of hydrogen-bond donors (Lipinski definition) is 4. The lowest BCUT2D eigenvalue weighted by molar-refractivity contribution is -0.144. The Hall–Kier alpha value is -2.74. The monoisotopic (exact) mass is 704 g/mol. The smallest absolute Gasteiger partial charge is 0.315 e. The lowest BCUT2D eigenvalue weighted by atomic mass is 9.78. The molecule has 3 saturated carbocycles. The van der Waals surface area contributed by atoms with Gasteiger partial charge < -0.3 is 26.2 Å². The van der Waals surface area contributed by atoms with E-state index in [4.69, 9.17) is 0 Å². The van der Waals surface area contributed by atoms with Crippen molar-refractivity contribution in [1.82, 2.24) is 30.5 Å². The van der Waals surface area contributed by atoms with E-state index in [0.29, 0.717) is 58.0 Å².